The normalized spacial score (nSPS) is 17.2. The van der Waals surface area contributed by atoms with Crippen molar-refractivity contribution in [3.05, 3.63) is 57.8 Å². The first kappa shape index (κ1) is 18.6. The molecule has 3 rings (SSSR count). The van der Waals surface area contributed by atoms with Crippen molar-refractivity contribution in [2.75, 3.05) is 20.1 Å². The molecule has 1 aromatic heterocycles. The molecule has 1 aliphatic heterocycles. The molecule has 0 radical (unpaired) electrons. The van der Waals surface area contributed by atoms with Crippen LogP contribution in [0.4, 0.5) is 0 Å². The van der Waals surface area contributed by atoms with Gasteiger partial charge >= 0.3 is 0 Å². The summed E-state index contributed by atoms with van der Waals surface area (Å²) in [4.78, 5) is 30.4. The molecule has 2 aromatic rings. The number of rotatable bonds is 5. The van der Waals surface area contributed by atoms with Gasteiger partial charge in [-0.3, -0.25) is 9.59 Å². The molecule has 0 saturated carbocycles. The van der Waals surface area contributed by atoms with Gasteiger partial charge in [-0.25, -0.2) is 0 Å². The lowest BCUT2D eigenvalue weighted by Gasteiger charge is -2.34. The molecule has 5 heteroatoms. The van der Waals surface area contributed by atoms with Gasteiger partial charge in [0.25, 0.3) is 0 Å². The first-order chi connectivity index (χ1) is 12.5. The van der Waals surface area contributed by atoms with Crippen LogP contribution in [0.1, 0.15) is 28.8 Å². The highest BCUT2D eigenvalue weighted by atomic mass is 32.1. The maximum absolute atomic E-state index is 12.9. The van der Waals surface area contributed by atoms with Crippen molar-refractivity contribution in [1.29, 1.82) is 0 Å². The third kappa shape index (κ3) is 4.52. The summed E-state index contributed by atoms with van der Waals surface area (Å²) in [7, 11) is 1.87. The van der Waals surface area contributed by atoms with Gasteiger partial charge in [0.2, 0.25) is 11.8 Å². The molecule has 1 fully saturated rings. The van der Waals surface area contributed by atoms with Gasteiger partial charge < -0.3 is 9.80 Å². The minimum Gasteiger partial charge on any atom is -0.342 e. The Bertz CT molecular complexity index is 756. The summed E-state index contributed by atoms with van der Waals surface area (Å²) in [5.74, 6) is 0.175. The molecule has 1 aliphatic rings. The van der Waals surface area contributed by atoms with E-state index in [4.69, 9.17) is 0 Å². The number of hydrogen-bond acceptors (Lipinski definition) is 3. The molecule has 0 N–H and O–H groups in total. The van der Waals surface area contributed by atoms with Gasteiger partial charge in [-0.1, -0.05) is 30.3 Å². The van der Waals surface area contributed by atoms with Gasteiger partial charge in [0.15, 0.2) is 0 Å². The highest BCUT2D eigenvalue weighted by Gasteiger charge is 2.30. The van der Waals surface area contributed by atoms with E-state index in [1.807, 2.05) is 47.2 Å². The van der Waals surface area contributed by atoms with Crippen molar-refractivity contribution in [2.24, 2.45) is 5.92 Å². The van der Waals surface area contributed by atoms with Crippen molar-refractivity contribution in [3.8, 4) is 0 Å². The fourth-order valence-corrected chi connectivity index (χ4v) is 4.42. The van der Waals surface area contributed by atoms with E-state index in [1.165, 1.54) is 10.4 Å². The Balaban J connectivity index is 1.57. The van der Waals surface area contributed by atoms with Crippen LogP contribution in [0.25, 0.3) is 0 Å². The van der Waals surface area contributed by atoms with Gasteiger partial charge in [0, 0.05) is 25.0 Å². The van der Waals surface area contributed by atoms with Crippen molar-refractivity contribution >= 4 is 23.2 Å². The smallest absolute Gasteiger partial charge is 0.227 e. The number of aryl methyl sites for hydroxylation is 1. The second-order valence-corrected chi connectivity index (χ2v) is 8.06. The van der Waals surface area contributed by atoms with Crippen LogP contribution in [-0.4, -0.2) is 41.8 Å². The Kier molecular flexibility index (Phi) is 6.09. The molecule has 0 spiro atoms. The first-order valence-electron chi connectivity index (χ1n) is 9.14. The Labute approximate surface area is 159 Å². The Hall–Kier alpha value is -2.14. The van der Waals surface area contributed by atoms with Gasteiger partial charge in [-0.2, -0.15) is 0 Å². The zero-order valence-electron chi connectivity index (χ0n) is 15.5. The number of nitrogens with zero attached hydrogens (tertiary/aromatic N) is 2. The molecule has 138 valence electrons. The summed E-state index contributed by atoms with van der Waals surface area (Å²) in [6, 6.07) is 11.9. The van der Waals surface area contributed by atoms with Crippen LogP contribution >= 0.6 is 11.3 Å². The Morgan fingerprint density at radius 3 is 2.69 bits per heavy atom. The molecular weight excluding hydrogens is 344 g/mol. The third-order valence-electron chi connectivity index (χ3n) is 5.05. The lowest BCUT2D eigenvalue weighted by molar-refractivity contribution is -0.140. The molecule has 1 aromatic carbocycles. The molecule has 0 aliphatic carbocycles. The van der Waals surface area contributed by atoms with Crippen molar-refractivity contribution in [3.63, 3.8) is 0 Å². The van der Waals surface area contributed by atoms with E-state index >= 15 is 0 Å². The van der Waals surface area contributed by atoms with Gasteiger partial charge in [0.05, 0.1) is 18.9 Å². The van der Waals surface area contributed by atoms with Crippen LogP contribution in [0, 0.1) is 12.8 Å². The molecule has 26 heavy (non-hydrogen) atoms. The largest absolute Gasteiger partial charge is 0.342 e. The second-order valence-electron chi connectivity index (χ2n) is 7.06. The van der Waals surface area contributed by atoms with E-state index in [2.05, 4.69) is 18.4 Å². The summed E-state index contributed by atoms with van der Waals surface area (Å²) < 4.78 is 0. The minimum absolute atomic E-state index is 0.0891. The topological polar surface area (TPSA) is 40.6 Å². The predicted octanol–water partition coefficient (Wildman–Crippen LogP) is 3.50. The lowest BCUT2D eigenvalue weighted by atomic mass is 9.96. The van der Waals surface area contributed by atoms with Gasteiger partial charge in [-0.05, 0) is 42.3 Å². The summed E-state index contributed by atoms with van der Waals surface area (Å²) in [5.41, 5.74) is 2.26. The van der Waals surface area contributed by atoms with Crippen LogP contribution in [0.2, 0.25) is 0 Å². The fraction of sp³-hybridized carbons (Fsp3) is 0.429. The number of benzene rings is 1. The molecular formula is C21H26N2O2S. The number of carbonyl (C=O) groups is 2. The molecule has 0 bridgehead atoms. The van der Waals surface area contributed by atoms with E-state index < -0.39 is 0 Å². The highest BCUT2D eigenvalue weighted by molar-refractivity contribution is 7.10. The molecule has 4 nitrogen and oxygen atoms in total. The maximum atomic E-state index is 12.9. The van der Waals surface area contributed by atoms with E-state index in [1.54, 1.807) is 11.3 Å². The van der Waals surface area contributed by atoms with Crippen LogP contribution in [-0.2, 0) is 22.6 Å². The minimum atomic E-state index is -0.0891. The van der Waals surface area contributed by atoms with Crippen molar-refractivity contribution in [2.45, 2.75) is 32.7 Å². The molecule has 1 atom stereocenters. The number of amides is 2. The molecule has 1 saturated heterocycles. The zero-order chi connectivity index (χ0) is 18.5. The van der Waals surface area contributed by atoms with Crippen LogP contribution in [0.15, 0.2) is 41.8 Å². The van der Waals surface area contributed by atoms with E-state index in [0.29, 0.717) is 19.5 Å². The van der Waals surface area contributed by atoms with Gasteiger partial charge in [-0.15, -0.1) is 11.3 Å². The predicted molar refractivity (Wildman–Crippen MR) is 105 cm³/mol. The fourth-order valence-electron chi connectivity index (χ4n) is 3.46. The van der Waals surface area contributed by atoms with Crippen LogP contribution < -0.4 is 0 Å². The number of thiophene rings is 1. The monoisotopic (exact) mass is 370 g/mol. The van der Waals surface area contributed by atoms with Crippen molar-refractivity contribution < 1.29 is 9.59 Å². The maximum Gasteiger partial charge on any atom is 0.227 e. The van der Waals surface area contributed by atoms with E-state index in [-0.39, 0.29) is 17.7 Å². The summed E-state index contributed by atoms with van der Waals surface area (Å²) >= 11 is 1.69. The standard InChI is InChI=1S/C21H26N2O2S/c1-16-10-12-26-19(16)15-22(2)21(25)18-9-6-11-23(14-18)20(24)13-17-7-4-3-5-8-17/h3-5,7-8,10,12,18H,6,9,11,13-15H2,1-2H3. The number of likely N-dealkylation sites (tertiary alicyclic amines) is 1. The highest BCUT2D eigenvalue weighted by Crippen LogP contribution is 2.22. The van der Waals surface area contributed by atoms with Crippen LogP contribution in [0.3, 0.4) is 0 Å². The Morgan fingerprint density at radius 2 is 2.00 bits per heavy atom. The second kappa shape index (κ2) is 8.49. The molecule has 2 amide bonds. The average Bonchev–Trinajstić information content (AvgIpc) is 3.06. The Morgan fingerprint density at radius 1 is 1.23 bits per heavy atom. The summed E-state index contributed by atoms with van der Waals surface area (Å²) in [6.07, 6.45) is 2.16. The first-order valence-corrected chi connectivity index (χ1v) is 10.0. The van der Waals surface area contributed by atoms with Gasteiger partial charge in [0.1, 0.15) is 0 Å². The molecule has 2 heterocycles. The number of piperidine rings is 1. The summed E-state index contributed by atoms with van der Waals surface area (Å²) in [6.45, 7) is 4.02. The van der Waals surface area contributed by atoms with E-state index in [0.717, 1.165) is 24.9 Å². The van der Waals surface area contributed by atoms with E-state index in [9.17, 15) is 9.59 Å². The lowest BCUT2D eigenvalue weighted by Crippen LogP contribution is -2.46. The summed E-state index contributed by atoms with van der Waals surface area (Å²) in [5, 5.41) is 2.06. The average molecular weight is 371 g/mol. The number of carbonyl (C=O) groups excluding carboxylic acids is 2. The molecule has 1 unspecified atom stereocenters. The van der Waals surface area contributed by atoms with Crippen molar-refractivity contribution in [1.82, 2.24) is 9.80 Å². The van der Waals surface area contributed by atoms with Crippen LogP contribution in [0.5, 0.6) is 0 Å². The SMILES string of the molecule is Cc1ccsc1CN(C)C(=O)C1CCCN(C(=O)Cc2ccccc2)C1. The third-order valence-corrected chi connectivity index (χ3v) is 6.05. The zero-order valence-corrected chi connectivity index (χ0v) is 16.3. The quantitative estimate of drug-likeness (QED) is 0.808. The number of hydrogen-bond donors (Lipinski definition) is 0.